The second kappa shape index (κ2) is 9.77. The van der Waals surface area contributed by atoms with Crippen molar-refractivity contribution >= 4 is 46.9 Å². The van der Waals surface area contributed by atoms with Crippen LogP contribution in [0.25, 0.3) is 17.2 Å². The average Bonchev–Trinajstić information content (AvgIpc) is 3.50. The van der Waals surface area contributed by atoms with Crippen LogP contribution < -0.4 is 15.3 Å². The zero-order valence-corrected chi connectivity index (χ0v) is 21.0. The third kappa shape index (κ3) is 4.72. The Labute approximate surface area is 223 Å². The molecular formula is C26H19Cl2F2N4O4+. The van der Waals surface area contributed by atoms with Crippen molar-refractivity contribution in [2.24, 2.45) is 5.10 Å². The fourth-order valence-corrected chi connectivity index (χ4v) is 4.86. The number of nitrogens with one attached hydrogen (secondary N) is 1. The van der Waals surface area contributed by atoms with E-state index >= 15 is 0 Å². The molecule has 0 bridgehead atoms. The summed E-state index contributed by atoms with van der Waals surface area (Å²) in [6.07, 6.45) is 2.44. The summed E-state index contributed by atoms with van der Waals surface area (Å²) in [6.45, 7) is 0. The van der Waals surface area contributed by atoms with Crippen LogP contribution in [0.5, 0.6) is 0 Å². The van der Waals surface area contributed by atoms with Crippen LogP contribution in [-0.2, 0) is 9.59 Å². The Bertz CT molecular complexity index is 1670. The summed E-state index contributed by atoms with van der Waals surface area (Å²) in [6, 6.07) is 11.9. The van der Waals surface area contributed by atoms with Gasteiger partial charge in [-0.25, -0.2) is 5.01 Å². The summed E-state index contributed by atoms with van der Waals surface area (Å²) in [4.78, 5) is 37.4. The molecule has 8 nitrogen and oxygen atoms in total. The number of hydrogen-bond acceptors (Lipinski definition) is 4. The van der Waals surface area contributed by atoms with E-state index in [-0.39, 0.29) is 17.7 Å². The molecule has 2 aliphatic rings. The van der Waals surface area contributed by atoms with E-state index in [1.54, 1.807) is 47.0 Å². The molecule has 1 atom stereocenters. The lowest BCUT2D eigenvalue weighted by Crippen LogP contribution is -2.46. The molecule has 1 amide bonds. The minimum Gasteiger partial charge on any atom is -0.481 e. The maximum Gasteiger partial charge on any atom is 0.337 e. The molecule has 0 saturated carbocycles. The number of carboxylic acid groups (broad SMARTS) is 1. The van der Waals surface area contributed by atoms with Crippen molar-refractivity contribution in [3.05, 3.63) is 91.6 Å². The standard InChI is InChI=1S/C26H18Cl2F2N4O4/c27-16-7-3-14(4-8-16)20-12-18(31-34(20)25(38)26(29,30)13-21(35)36)23-22(15-5-9-17(28)10-6-15)19-2-1-11-33(19)32-24(23)37/h2-11,20H,1,12-13H2,(H-,32,35,36,37)/p+1. The normalized spacial score (nSPS) is 16.5. The van der Waals surface area contributed by atoms with Crippen LogP contribution in [0.3, 0.4) is 0 Å². The van der Waals surface area contributed by atoms with E-state index in [4.69, 9.17) is 28.3 Å². The monoisotopic (exact) mass is 559 g/mol. The Morgan fingerprint density at radius 2 is 1.71 bits per heavy atom. The minimum absolute atomic E-state index is 0.0760. The lowest BCUT2D eigenvalue weighted by molar-refractivity contribution is -0.589. The number of carboxylic acids is 1. The lowest BCUT2D eigenvalue weighted by Gasteiger charge is -2.25. The highest BCUT2D eigenvalue weighted by molar-refractivity contribution is 6.30. The minimum atomic E-state index is -4.22. The number of aromatic amines is 1. The molecule has 2 aliphatic heterocycles. The van der Waals surface area contributed by atoms with Gasteiger partial charge in [0.2, 0.25) is 5.35 Å². The van der Waals surface area contributed by atoms with Crippen molar-refractivity contribution in [2.45, 2.75) is 31.2 Å². The number of amides is 1. The van der Waals surface area contributed by atoms with E-state index in [1.807, 2.05) is 6.08 Å². The Balaban J connectivity index is 1.70. The second-order valence-corrected chi connectivity index (χ2v) is 9.69. The number of carbonyl (C=O) groups is 2. The smallest absolute Gasteiger partial charge is 0.337 e. The number of H-pyrrole nitrogens is 1. The van der Waals surface area contributed by atoms with E-state index in [9.17, 15) is 23.2 Å². The van der Waals surface area contributed by atoms with Gasteiger partial charge in [0.15, 0.2) is 6.21 Å². The van der Waals surface area contributed by atoms with Gasteiger partial charge in [-0.3, -0.25) is 14.4 Å². The maximum absolute atomic E-state index is 14.7. The fourth-order valence-electron chi connectivity index (χ4n) is 4.61. The first-order chi connectivity index (χ1) is 18.0. The van der Waals surface area contributed by atoms with Crippen LogP contribution in [0.2, 0.25) is 10.0 Å². The third-order valence-corrected chi connectivity index (χ3v) is 6.80. The van der Waals surface area contributed by atoms with Crippen molar-refractivity contribution in [3.63, 3.8) is 0 Å². The zero-order chi connectivity index (χ0) is 27.2. The molecule has 5 rings (SSSR count). The van der Waals surface area contributed by atoms with E-state index in [0.29, 0.717) is 43.5 Å². The van der Waals surface area contributed by atoms with Gasteiger partial charge in [-0.2, -0.15) is 13.9 Å². The molecule has 0 radical (unpaired) electrons. The predicted octanol–water partition coefficient (Wildman–Crippen LogP) is 3.62. The van der Waals surface area contributed by atoms with Crippen LogP contribution in [0.15, 0.2) is 58.4 Å². The largest absolute Gasteiger partial charge is 0.481 e. The highest BCUT2D eigenvalue weighted by Crippen LogP contribution is 2.37. The molecule has 3 aromatic rings. The number of hydrogen-bond donors (Lipinski definition) is 2. The molecule has 0 aliphatic carbocycles. The van der Waals surface area contributed by atoms with Crippen LogP contribution in [0.1, 0.15) is 36.4 Å². The van der Waals surface area contributed by atoms with Gasteiger partial charge in [0, 0.05) is 22.5 Å². The molecule has 194 valence electrons. The number of nitrogens with zero attached hydrogens (tertiary/aromatic N) is 3. The number of halogens is 4. The average molecular weight is 560 g/mol. The van der Waals surface area contributed by atoms with Crippen LogP contribution in [0, 0.1) is 6.21 Å². The summed E-state index contributed by atoms with van der Waals surface area (Å²) in [7, 11) is 0. The van der Waals surface area contributed by atoms with Crippen molar-refractivity contribution in [3.8, 4) is 11.1 Å². The molecule has 12 heteroatoms. The SMILES string of the molecule is O=C(O)CC(F)(F)C(=O)N1N=C(c2c(-c3ccc(Cl)cc3)c3[n+]([nH]c2=O)=CCC=3)CC1c1ccc(Cl)cc1. The number of rotatable bonds is 6. The Kier molecular flexibility index (Phi) is 6.62. The third-order valence-electron chi connectivity index (χ3n) is 6.29. The highest BCUT2D eigenvalue weighted by atomic mass is 35.5. The first kappa shape index (κ1) is 25.7. The number of carbonyl (C=O) groups excluding carboxylic acids is 1. The maximum atomic E-state index is 14.7. The molecule has 0 spiro atoms. The number of fused-ring (bicyclic) bond motifs is 1. The van der Waals surface area contributed by atoms with E-state index in [2.05, 4.69) is 10.2 Å². The van der Waals surface area contributed by atoms with Gasteiger partial charge in [0.25, 0.3) is 0 Å². The summed E-state index contributed by atoms with van der Waals surface area (Å²) in [5.74, 6) is -7.84. The van der Waals surface area contributed by atoms with Gasteiger partial charge in [-0.15, -0.1) is 5.10 Å². The molecule has 38 heavy (non-hydrogen) atoms. The fraction of sp³-hybridized carbons (Fsp3) is 0.192. The molecule has 1 unspecified atom stereocenters. The van der Waals surface area contributed by atoms with Gasteiger partial charge < -0.3 is 5.11 Å². The van der Waals surface area contributed by atoms with Crippen LogP contribution >= 0.6 is 23.2 Å². The summed E-state index contributed by atoms with van der Waals surface area (Å²) >= 11 is 12.1. The van der Waals surface area contributed by atoms with Crippen molar-refractivity contribution in [1.82, 2.24) is 10.1 Å². The quantitative estimate of drug-likeness (QED) is 0.449. The van der Waals surface area contributed by atoms with Gasteiger partial charge in [0.1, 0.15) is 6.42 Å². The van der Waals surface area contributed by atoms with Crippen molar-refractivity contribution < 1.29 is 27.8 Å². The Hall–Kier alpha value is -3.89. The number of aromatic nitrogens is 2. The van der Waals surface area contributed by atoms with Gasteiger partial charge in [-0.1, -0.05) is 51.8 Å². The van der Waals surface area contributed by atoms with Crippen LogP contribution in [0.4, 0.5) is 8.78 Å². The number of alkyl halides is 2. The Morgan fingerprint density at radius 1 is 1.08 bits per heavy atom. The van der Waals surface area contributed by atoms with Gasteiger partial charge in [0.05, 0.1) is 29.3 Å². The first-order valence-corrected chi connectivity index (χ1v) is 12.2. The van der Waals surface area contributed by atoms with Crippen LogP contribution in [-0.4, -0.2) is 38.7 Å². The zero-order valence-electron chi connectivity index (χ0n) is 19.5. The summed E-state index contributed by atoms with van der Waals surface area (Å²) < 4.78 is 31.0. The highest BCUT2D eigenvalue weighted by Gasteiger charge is 2.49. The topological polar surface area (TPSA) is 109 Å². The molecular weight excluding hydrogens is 541 g/mol. The lowest BCUT2D eigenvalue weighted by atomic mass is 9.93. The van der Waals surface area contributed by atoms with Crippen molar-refractivity contribution in [1.29, 1.82) is 0 Å². The molecule has 2 N–H and O–H groups in total. The first-order valence-electron chi connectivity index (χ1n) is 11.5. The Morgan fingerprint density at radius 3 is 2.34 bits per heavy atom. The molecule has 0 saturated heterocycles. The number of aliphatic carboxylic acids is 1. The van der Waals surface area contributed by atoms with Crippen molar-refractivity contribution in [2.75, 3.05) is 0 Å². The van der Waals surface area contributed by atoms with E-state index < -0.39 is 35.8 Å². The number of benzene rings is 2. The molecule has 3 heterocycles. The second-order valence-electron chi connectivity index (χ2n) is 8.82. The number of hydrazone groups is 1. The predicted molar refractivity (Wildman–Crippen MR) is 136 cm³/mol. The van der Waals surface area contributed by atoms with E-state index in [0.717, 1.165) is 0 Å². The molecule has 0 fully saturated rings. The molecule has 2 aromatic carbocycles. The summed E-state index contributed by atoms with van der Waals surface area (Å²) in [5.41, 5.74) is 1.25. The molecule has 1 aromatic heterocycles. The summed E-state index contributed by atoms with van der Waals surface area (Å²) in [5, 5.41) is 18.0. The van der Waals surface area contributed by atoms with Gasteiger partial charge >= 0.3 is 23.4 Å². The van der Waals surface area contributed by atoms with E-state index in [1.165, 1.54) is 12.1 Å². The van der Waals surface area contributed by atoms with Gasteiger partial charge in [-0.05, 0) is 35.4 Å².